The normalized spacial score (nSPS) is 10.3. The highest BCUT2D eigenvalue weighted by Gasteiger charge is 2.23. The van der Waals surface area contributed by atoms with Crippen molar-refractivity contribution in [1.82, 2.24) is 0 Å². The second-order valence-corrected chi connectivity index (χ2v) is 5.31. The van der Waals surface area contributed by atoms with Crippen molar-refractivity contribution >= 4 is 23.1 Å². The molecule has 0 aliphatic carbocycles. The molecule has 0 saturated carbocycles. The molecular formula is C18H18N2O5. The molecule has 2 aromatic rings. The van der Waals surface area contributed by atoms with Gasteiger partial charge in [0.1, 0.15) is 5.69 Å². The van der Waals surface area contributed by atoms with Crippen molar-refractivity contribution < 1.29 is 19.6 Å². The van der Waals surface area contributed by atoms with Gasteiger partial charge in [-0.3, -0.25) is 14.9 Å². The number of nitro groups is 1. The van der Waals surface area contributed by atoms with Gasteiger partial charge in [0.15, 0.2) is 5.78 Å². The molecule has 0 aromatic heterocycles. The average Bonchev–Trinajstić information content (AvgIpc) is 2.62. The quantitative estimate of drug-likeness (QED) is 0.470. The number of carboxylic acids is 1. The monoisotopic (exact) mass is 342 g/mol. The van der Waals surface area contributed by atoms with E-state index in [2.05, 4.69) is 0 Å². The van der Waals surface area contributed by atoms with Crippen LogP contribution >= 0.6 is 0 Å². The molecule has 1 N–H and O–H groups in total. The lowest BCUT2D eigenvalue weighted by Crippen LogP contribution is -2.23. The maximum Gasteiger partial charge on any atom is 0.336 e. The van der Waals surface area contributed by atoms with E-state index in [4.69, 9.17) is 0 Å². The molecule has 0 amide bonds. The molecule has 0 bridgehead atoms. The van der Waals surface area contributed by atoms with Crippen LogP contribution in [0.3, 0.4) is 0 Å². The smallest absolute Gasteiger partial charge is 0.336 e. The van der Waals surface area contributed by atoms with Crippen LogP contribution in [0.4, 0.5) is 11.4 Å². The van der Waals surface area contributed by atoms with E-state index in [9.17, 15) is 24.8 Å². The van der Waals surface area contributed by atoms with Gasteiger partial charge in [-0.15, -0.1) is 0 Å². The van der Waals surface area contributed by atoms with Crippen molar-refractivity contribution in [3.63, 3.8) is 0 Å². The van der Waals surface area contributed by atoms with Crippen molar-refractivity contribution in [3.8, 4) is 0 Å². The van der Waals surface area contributed by atoms with Crippen molar-refractivity contribution in [2.45, 2.75) is 13.8 Å². The Balaban J connectivity index is 2.54. The first-order valence-corrected chi connectivity index (χ1v) is 7.81. The summed E-state index contributed by atoms with van der Waals surface area (Å²) in [5.41, 5.74) is 0.194. The van der Waals surface area contributed by atoms with Gasteiger partial charge in [0.05, 0.1) is 10.5 Å². The summed E-state index contributed by atoms with van der Waals surface area (Å²) in [6, 6.07) is 10.0. The van der Waals surface area contributed by atoms with Crippen LogP contribution in [0.1, 0.15) is 40.1 Å². The molecule has 0 atom stereocenters. The molecule has 0 spiro atoms. The fourth-order valence-corrected chi connectivity index (χ4v) is 2.67. The first-order valence-electron chi connectivity index (χ1n) is 7.81. The topological polar surface area (TPSA) is 101 Å². The van der Waals surface area contributed by atoms with Crippen molar-refractivity contribution in [2.75, 3.05) is 18.0 Å². The number of nitrogens with zero attached hydrogens (tertiary/aromatic N) is 2. The van der Waals surface area contributed by atoms with Gasteiger partial charge in [-0.2, -0.15) is 0 Å². The molecule has 0 fully saturated rings. The molecule has 0 radical (unpaired) electrons. The molecule has 0 heterocycles. The van der Waals surface area contributed by atoms with E-state index in [0.29, 0.717) is 18.8 Å². The number of hydrogen-bond donors (Lipinski definition) is 1. The predicted octanol–water partition coefficient (Wildman–Crippen LogP) is 3.37. The third-order valence-electron chi connectivity index (χ3n) is 3.94. The van der Waals surface area contributed by atoms with E-state index >= 15 is 0 Å². The van der Waals surface area contributed by atoms with Crippen LogP contribution in [0.2, 0.25) is 0 Å². The van der Waals surface area contributed by atoms with Gasteiger partial charge in [0.2, 0.25) is 0 Å². The van der Waals surface area contributed by atoms with E-state index in [1.165, 1.54) is 36.4 Å². The molecule has 0 aliphatic heterocycles. The number of anilines is 1. The highest BCUT2D eigenvalue weighted by atomic mass is 16.6. The number of carbonyl (C=O) groups is 2. The zero-order valence-electron chi connectivity index (χ0n) is 13.9. The Labute approximate surface area is 144 Å². The summed E-state index contributed by atoms with van der Waals surface area (Å²) in [6.45, 7) is 4.95. The van der Waals surface area contributed by atoms with Crippen LogP contribution in [0.5, 0.6) is 0 Å². The number of aromatic carboxylic acids is 1. The Bertz CT molecular complexity index is 828. The highest BCUT2D eigenvalue weighted by molar-refractivity contribution is 6.14. The lowest BCUT2D eigenvalue weighted by molar-refractivity contribution is -0.384. The number of nitro benzene ring substituents is 1. The maximum atomic E-state index is 12.7. The summed E-state index contributed by atoms with van der Waals surface area (Å²) < 4.78 is 0. The summed E-state index contributed by atoms with van der Waals surface area (Å²) in [5, 5.41) is 20.6. The number of hydrogen-bond acceptors (Lipinski definition) is 5. The minimum atomic E-state index is -1.22. The summed E-state index contributed by atoms with van der Waals surface area (Å²) in [4.78, 5) is 36.7. The van der Waals surface area contributed by atoms with Crippen LogP contribution in [-0.2, 0) is 0 Å². The van der Waals surface area contributed by atoms with Gasteiger partial charge in [-0.05, 0) is 32.0 Å². The van der Waals surface area contributed by atoms with Gasteiger partial charge in [-0.25, -0.2) is 4.79 Å². The van der Waals surface area contributed by atoms with E-state index in [1.54, 1.807) is 6.07 Å². The van der Waals surface area contributed by atoms with Crippen LogP contribution < -0.4 is 4.90 Å². The zero-order chi connectivity index (χ0) is 18.6. The first-order chi connectivity index (χ1) is 11.9. The van der Waals surface area contributed by atoms with Crippen LogP contribution in [0, 0.1) is 10.1 Å². The summed E-state index contributed by atoms with van der Waals surface area (Å²) >= 11 is 0. The second-order valence-electron chi connectivity index (χ2n) is 5.31. The fourth-order valence-electron chi connectivity index (χ4n) is 2.67. The average molecular weight is 342 g/mol. The van der Waals surface area contributed by atoms with Gasteiger partial charge in [0.25, 0.3) is 5.69 Å². The minimum absolute atomic E-state index is 0.000105. The van der Waals surface area contributed by atoms with E-state index in [1.807, 2.05) is 18.7 Å². The van der Waals surface area contributed by atoms with Crippen molar-refractivity contribution in [2.24, 2.45) is 0 Å². The molecule has 2 aromatic carbocycles. The number of carboxylic acid groups (broad SMARTS) is 1. The molecule has 25 heavy (non-hydrogen) atoms. The highest BCUT2D eigenvalue weighted by Crippen LogP contribution is 2.30. The van der Waals surface area contributed by atoms with Gasteiger partial charge in [0, 0.05) is 30.3 Å². The predicted molar refractivity (Wildman–Crippen MR) is 93.5 cm³/mol. The van der Waals surface area contributed by atoms with Crippen LogP contribution in [0.15, 0.2) is 42.5 Å². The van der Waals surface area contributed by atoms with Crippen LogP contribution in [-0.4, -0.2) is 34.9 Å². The molecule has 0 unspecified atom stereocenters. The van der Waals surface area contributed by atoms with Gasteiger partial charge >= 0.3 is 5.97 Å². The minimum Gasteiger partial charge on any atom is -0.478 e. The molecule has 2 rings (SSSR count). The third-order valence-corrected chi connectivity index (χ3v) is 3.94. The summed E-state index contributed by atoms with van der Waals surface area (Å²) in [5.74, 6) is -1.79. The van der Waals surface area contributed by atoms with Crippen molar-refractivity contribution in [1.29, 1.82) is 0 Å². The van der Waals surface area contributed by atoms with E-state index < -0.39 is 16.7 Å². The number of rotatable bonds is 7. The Morgan fingerprint density at radius 2 is 1.68 bits per heavy atom. The molecule has 7 heteroatoms. The van der Waals surface area contributed by atoms with Gasteiger partial charge in [-0.1, -0.05) is 18.2 Å². The van der Waals surface area contributed by atoms with Gasteiger partial charge < -0.3 is 10.0 Å². The van der Waals surface area contributed by atoms with E-state index in [0.717, 1.165) is 0 Å². The number of benzene rings is 2. The lowest BCUT2D eigenvalue weighted by Gasteiger charge is -2.21. The summed E-state index contributed by atoms with van der Waals surface area (Å²) in [6.07, 6.45) is 0. The molecule has 0 saturated heterocycles. The molecule has 130 valence electrons. The Morgan fingerprint density at radius 1 is 1.08 bits per heavy atom. The molecule has 0 aliphatic rings. The Hall–Kier alpha value is -3.22. The largest absolute Gasteiger partial charge is 0.478 e. The van der Waals surface area contributed by atoms with Crippen LogP contribution in [0.25, 0.3) is 0 Å². The number of carbonyl (C=O) groups excluding carboxylic acids is 1. The molecule has 7 nitrogen and oxygen atoms in total. The Morgan fingerprint density at radius 3 is 2.20 bits per heavy atom. The third kappa shape index (κ3) is 3.65. The Kier molecular flexibility index (Phi) is 5.49. The maximum absolute atomic E-state index is 12.7. The number of ketones is 1. The standard InChI is InChI=1S/C18H18N2O5/c1-3-19(4-2)15-10-9-12(11-16(15)20(24)25)17(21)13-7-5-6-8-14(13)18(22)23/h5-11H,3-4H2,1-2H3,(H,22,23). The lowest BCUT2D eigenvalue weighted by atomic mass is 9.97. The zero-order valence-corrected chi connectivity index (χ0v) is 13.9. The second kappa shape index (κ2) is 7.57. The molecular weight excluding hydrogens is 324 g/mol. The SMILES string of the molecule is CCN(CC)c1ccc(C(=O)c2ccccc2C(=O)O)cc1[N+](=O)[O-]. The van der Waals surface area contributed by atoms with Crippen molar-refractivity contribution in [3.05, 3.63) is 69.3 Å². The fraction of sp³-hybridized carbons (Fsp3) is 0.222. The first kappa shape index (κ1) is 18.1. The summed E-state index contributed by atoms with van der Waals surface area (Å²) in [7, 11) is 0. The van der Waals surface area contributed by atoms with E-state index in [-0.39, 0.29) is 22.4 Å².